The Morgan fingerprint density at radius 2 is 2.06 bits per heavy atom. The molecule has 0 bridgehead atoms. The van der Waals surface area contributed by atoms with Crippen molar-refractivity contribution in [2.24, 2.45) is 11.7 Å². The number of hydrogen-bond donors (Lipinski definition) is 2. The summed E-state index contributed by atoms with van der Waals surface area (Å²) in [7, 11) is 0. The molecule has 16 heavy (non-hydrogen) atoms. The fourth-order valence-corrected chi connectivity index (χ4v) is 3.06. The van der Waals surface area contributed by atoms with E-state index in [-0.39, 0.29) is 10.7 Å². The molecule has 0 aliphatic rings. The molecule has 3 nitrogen and oxygen atoms in total. The first-order valence-electron chi connectivity index (χ1n) is 5.92. The van der Waals surface area contributed by atoms with Crippen molar-refractivity contribution < 1.29 is 9.90 Å². The molecule has 0 aromatic heterocycles. The fraction of sp³-hybridized carbons (Fsp3) is 0.917. The number of carboxylic acids is 1. The van der Waals surface area contributed by atoms with Crippen LogP contribution >= 0.6 is 11.8 Å². The van der Waals surface area contributed by atoms with Gasteiger partial charge in [-0.3, -0.25) is 4.79 Å². The number of carbonyl (C=O) groups is 1. The van der Waals surface area contributed by atoms with E-state index in [1.165, 1.54) is 12.8 Å². The van der Waals surface area contributed by atoms with E-state index in [4.69, 9.17) is 10.8 Å². The van der Waals surface area contributed by atoms with Gasteiger partial charge in [0.15, 0.2) is 0 Å². The minimum atomic E-state index is -0.901. The molecule has 0 fully saturated rings. The van der Waals surface area contributed by atoms with Crippen molar-refractivity contribution in [3.63, 3.8) is 0 Å². The van der Waals surface area contributed by atoms with Gasteiger partial charge in [0.1, 0.15) is 6.04 Å². The molecule has 0 aromatic carbocycles. The quantitative estimate of drug-likeness (QED) is 0.647. The van der Waals surface area contributed by atoms with Gasteiger partial charge in [0.05, 0.1) is 0 Å². The number of rotatable bonds is 8. The van der Waals surface area contributed by atoms with Crippen LogP contribution in [-0.2, 0) is 4.79 Å². The van der Waals surface area contributed by atoms with E-state index in [1.807, 2.05) is 18.7 Å². The molecule has 0 rings (SSSR count). The molecular formula is C12H25NO2S. The molecule has 96 valence electrons. The highest BCUT2D eigenvalue weighted by Gasteiger charge is 2.27. The van der Waals surface area contributed by atoms with Crippen molar-refractivity contribution in [1.29, 1.82) is 0 Å². The Morgan fingerprint density at radius 1 is 1.50 bits per heavy atom. The van der Waals surface area contributed by atoms with Gasteiger partial charge in [-0.2, -0.15) is 11.8 Å². The monoisotopic (exact) mass is 247 g/mol. The zero-order valence-electron chi connectivity index (χ0n) is 10.8. The minimum absolute atomic E-state index is 0.0154. The Balaban J connectivity index is 4.08. The Kier molecular flexibility index (Phi) is 7.07. The smallest absolute Gasteiger partial charge is 0.320 e. The average molecular weight is 247 g/mol. The highest BCUT2D eigenvalue weighted by atomic mass is 32.2. The summed E-state index contributed by atoms with van der Waals surface area (Å²) in [5.74, 6) is 0.252. The zero-order valence-corrected chi connectivity index (χ0v) is 11.6. The van der Waals surface area contributed by atoms with E-state index in [9.17, 15) is 4.79 Å². The third-order valence-electron chi connectivity index (χ3n) is 2.70. The van der Waals surface area contributed by atoms with Crippen LogP contribution in [0.4, 0.5) is 0 Å². The van der Waals surface area contributed by atoms with Crippen LogP contribution in [0.15, 0.2) is 0 Å². The molecule has 0 spiro atoms. The number of carboxylic acid groups (broad SMARTS) is 1. The maximum absolute atomic E-state index is 10.8. The van der Waals surface area contributed by atoms with Gasteiger partial charge in [0.2, 0.25) is 0 Å². The molecule has 0 amide bonds. The molecule has 4 heteroatoms. The van der Waals surface area contributed by atoms with Crippen LogP contribution in [0.25, 0.3) is 0 Å². The second-order valence-corrected chi connectivity index (χ2v) is 6.81. The molecule has 3 N–H and O–H groups in total. The van der Waals surface area contributed by atoms with E-state index >= 15 is 0 Å². The zero-order chi connectivity index (χ0) is 12.8. The predicted molar refractivity (Wildman–Crippen MR) is 70.8 cm³/mol. The maximum atomic E-state index is 10.8. The highest BCUT2D eigenvalue weighted by molar-refractivity contribution is 8.00. The largest absolute Gasteiger partial charge is 0.480 e. The Morgan fingerprint density at radius 3 is 2.50 bits per heavy atom. The number of thioether (sulfide) groups is 1. The summed E-state index contributed by atoms with van der Waals surface area (Å²) in [6, 6.07) is -0.744. The lowest BCUT2D eigenvalue weighted by Gasteiger charge is -2.29. The highest BCUT2D eigenvalue weighted by Crippen LogP contribution is 2.32. The van der Waals surface area contributed by atoms with Gasteiger partial charge in [-0.05, 0) is 24.5 Å². The van der Waals surface area contributed by atoms with Crippen LogP contribution in [0.5, 0.6) is 0 Å². The van der Waals surface area contributed by atoms with Crippen molar-refractivity contribution in [2.75, 3.05) is 5.75 Å². The van der Waals surface area contributed by atoms with Gasteiger partial charge >= 0.3 is 5.97 Å². The van der Waals surface area contributed by atoms with Crippen molar-refractivity contribution in [1.82, 2.24) is 0 Å². The SMILES string of the molecule is CCCCSC(C)(C)CC(C)C(N)C(=O)O. The van der Waals surface area contributed by atoms with Crippen LogP contribution < -0.4 is 5.73 Å². The molecule has 2 atom stereocenters. The lowest BCUT2D eigenvalue weighted by Crippen LogP contribution is -2.39. The van der Waals surface area contributed by atoms with Gasteiger partial charge in [-0.1, -0.05) is 34.1 Å². The van der Waals surface area contributed by atoms with E-state index in [0.717, 1.165) is 12.2 Å². The van der Waals surface area contributed by atoms with Gasteiger partial charge in [-0.15, -0.1) is 0 Å². The number of unbranched alkanes of at least 4 members (excludes halogenated alkanes) is 1. The predicted octanol–water partition coefficient (Wildman–Crippen LogP) is 2.74. The van der Waals surface area contributed by atoms with Crippen LogP contribution in [0.3, 0.4) is 0 Å². The summed E-state index contributed by atoms with van der Waals surface area (Å²) in [6.45, 7) is 8.42. The molecule has 0 radical (unpaired) electrons. The molecule has 2 unspecified atom stereocenters. The summed E-state index contributed by atoms with van der Waals surface area (Å²) in [4.78, 5) is 10.8. The van der Waals surface area contributed by atoms with E-state index in [1.54, 1.807) is 0 Å². The Hall–Kier alpha value is -0.220. The average Bonchev–Trinajstić information content (AvgIpc) is 2.15. The second kappa shape index (κ2) is 7.17. The summed E-state index contributed by atoms with van der Waals surface area (Å²) in [5.41, 5.74) is 5.61. The normalized spacial score (nSPS) is 15.8. The van der Waals surface area contributed by atoms with Crippen molar-refractivity contribution in [3.8, 4) is 0 Å². The summed E-state index contributed by atoms with van der Waals surface area (Å²) in [6.07, 6.45) is 3.26. The van der Waals surface area contributed by atoms with E-state index < -0.39 is 12.0 Å². The van der Waals surface area contributed by atoms with Gasteiger partial charge in [0, 0.05) is 4.75 Å². The molecule has 0 saturated carbocycles. The lowest BCUT2D eigenvalue weighted by atomic mass is 9.92. The summed E-state index contributed by atoms with van der Waals surface area (Å²) < 4.78 is 0.113. The summed E-state index contributed by atoms with van der Waals surface area (Å²) in [5, 5.41) is 8.83. The van der Waals surface area contributed by atoms with Crippen LogP contribution in [0, 0.1) is 5.92 Å². The first-order chi connectivity index (χ1) is 7.30. The fourth-order valence-electron chi connectivity index (χ4n) is 1.70. The third kappa shape index (κ3) is 6.38. The first kappa shape index (κ1) is 15.8. The van der Waals surface area contributed by atoms with Crippen LogP contribution in [0.1, 0.15) is 47.0 Å². The molecular weight excluding hydrogens is 222 g/mol. The first-order valence-corrected chi connectivity index (χ1v) is 6.91. The van der Waals surface area contributed by atoms with Gasteiger partial charge in [0.25, 0.3) is 0 Å². The Bertz CT molecular complexity index is 219. The summed E-state index contributed by atoms with van der Waals surface area (Å²) >= 11 is 1.91. The molecule has 0 aliphatic heterocycles. The third-order valence-corrected chi connectivity index (χ3v) is 4.14. The molecule has 0 saturated heterocycles. The van der Waals surface area contributed by atoms with E-state index in [0.29, 0.717) is 0 Å². The van der Waals surface area contributed by atoms with Crippen LogP contribution in [-0.4, -0.2) is 27.6 Å². The number of nitrogens with two attached hydrogens (primary N) is 1. The van der Waals surface area contributed by atoms with Crippen molar-refractivity contribution in [2.45, 2.75) is 57.7 Å². The molecule has 0 heterocycles. The lowest BCUT2D eigenvalue weighted by molar-refractivity contribution is -0.139. The van der Waals surface area contributed by atoms with Crippen molar-refractivity contribution in [3.05, 3.63) is 0 Å². The molecule has 0 aromatic rings. The van der Waals surface area contributed by atoms with Crippen molar-refractivity contribution >= 4 is 17.7 Å². The van der Waals surface area contributed by atoms with Gasteiger partial charge in [-0.25, -0.2) is 0 Å². The van der Waals surface area contributed by atoms with Crippen LogP contribution in [0.2, 0.25) is 0 Å². The topological polar surface area (TPSA) is 63.3 Å². The number of hydrogen-bond acceptors (Lipinski definition) is 3. The minimum Gasteiger partial charge on any atom is -0.480 e. The number of aliphatic carboxylic acids is 1. The van der Waals surface area contributed by atoms with E-state index in [2.05, 4.69) is 20.8 Å². The standard InChI is InChI=1S/C12H25NO2S/c1-5-6-7-16-12(3,4)8-9(2)10(13)11(14)15/h9-10H,5-8,13H2,1-4H3,(H,14,15). The maximum Gasteiger partial charge on any atom is 0.320 e. The Labute approximate surface area is 103 Å². The van der Waals surface area contributed by atoms with Gasteiger partial charge < -0.3 is 10.8 Å². The second-order valence-electron chi connectivity index (χ2n) is 5.01. The molecule has 0 aliphatic carbocycles.